The topological polar surface area (TPSA) is 105 Å². The number of thiazole rings is 1. The van der Waals surface area contributed by atoms with Gasteiger partial charge >= 0.3 is 4.87 Å². The smallest absolute Gasteiger partial charge is 0.305 e. The van der Waals surface area contributed by atoms with E-state index in [0.717, 1.165) is 41.0 Å². The minimum Gasteiger partial charge on any atom is -0.365 e. The first-order chi connectivity index (χ1) is 10.9. The van der Waals surface area contributed by atoms with Crippen LogP contribution in [0.1, 0.15) is 49.5 Å². The van der Waals surface area contributed by atoms with Crippen molar-refractivity contribution < 1.29 is 9.59 Å². The third-order valence-corrected chi connectivity index (χ3v) is 6.17. The number of carbonyl (C=O) groups excluding carboxylic acids is 2. The number of aromatic nitrogens is 1. The molecule has 6 nitrogen and oxygen atoms in total. The number of anilines is 1. The molecule has 2 heterocycles. The Labute approximate surface area is 140 Å². The maximum atomic E-state index is 12.4. The van der Waals surface area contributed by atoms with Crippen LogP contribution in [0.4, 0.5) is 5.00 Å². The molecule has 0 aromatic carbocycles. The first-order valence-electron chi connectivity index (χ1n) is 7.32. The highest BCUT2D eigenvalue weighted by Gasteiger charge is 2.27. The molecule has 1 unspecified atom stereocenters. The number of carbonyl (C=O) groups is 2. The fraction of sp³-hybridized carbons (Fsp3) is 0.400. The molecule has 1 aliphatic rings. The lowest BCUT2D eigenvalue weighted by atomic mass is 9.88. The molecule has 122 valence electrons. The fourth-order valence-electron chi connectivity index (χ4n) is 2.88. The van der Waals surface area contributed by atoms with Crippen LogP contribution in [0.25, 0.3) is 0 Å². The van der Waals surface area contributed by atoms with Crippen LogP contribution >= 0.6 is 22.7 Å². The third kappa shape index (κ3) is 2.96. The Morgan fingerprint density at radius 1 is 1.35 bits per heavy atom. The molecule has 0 radical (unpaired) electrons. The number of aromatic amines is 1. The number of fused-ring (bicyclic) bond motifs is 1. The largest absolute Gasteiger partial charge is 0.365 e. The van der Waals surface area contributed by atoms with E-state index in [0.29, 0.717) is 27.1 Å². The number of hydrogen-bond donors (Lipinski definition) is 3. The van der Waals surface area contributed by atoms with Crippen LogP contribution in [-0.4, -0.2) is 16.8 Å². The van der Waals surface area contributed by atoms with Gasteiger partial charge in [0.1, 0.15) is 9.88 Å². The average molecular weight is 351 g/mol. The molecule has 23 heavy (non-hydrogen) atoms. The number of thiophene rings is 1. The summed E-state index contributed by atoms with van der Waals surface area (Å²) in [5.41, 5.74) is 7.44. The second-order valence-electron chi connectivity index (χ2n) is 5.84. The number of nitrogens with two attached hydrogens (primary N) is 1. The van der Waals surface area contributed by atoms with Gasteiger partial charge in [-0.25, -0.2) is 0 Å². The van der Waals surface area contributed by atoms with Crippen LogP contribution in [-0.2, 0) is 12.8 Å². The Morgan fingerprint density at radius 3 is 2.70 bits per heavy atom. The predicted molar refractivity (Wildman–Crippen MR) is 91.7 cm³/mol. The minimum atomic E-state index is -0.522. The summed E-state index contributed by atoms with van der Waals surface area (Å²) < 4.78 is 0. The maximum absolute atomic E-state index is 12.4. The summed E-state index contributed by atoms with van der Waals surface area (Å²) in [6.07, 6.45) is 2.71. The Hall–Kier alpha value is -1.93. The molecule has 1 atom stereocenters. The molecular formula is C15H17N3O3S2. The van der Waals surface area contributed by atoms with Gasteiger partial charge in [-0.15, -0.1) is 11.3 Å². The molecule has 0 bridgehead atoms. The monoisotopic (exact) mass is 351 g/mol. The molecule has 2 aromatic heterocycles. The second kappa shape index (κ2) is 5.93. The second-order valence-corrected chi connectivity index (χ2v) is 7.93. The lowest BCUT2D eigenvalue weighted by Crippen LogP contribution is -2.19. The molecule has 0 spiro atoms. The first-order valence-corrected chi connectivity index (χ1v) is 8.95. The summed E-state index contributed by atoms with van der Waals surface area (Å²) in [5, 5.41) is 3.25. The minimum absolute atomic E-state index is 0.276. The Bertz CT molecular complexity index is 847. The zero-order valence-corrected chi connectivity index (χ0v) is 14.5. The van der Waals surface area contributed by atoms with Crippen LogP contribution in [0, 0.1) is 12.8 Å². The predicted octanol–water partition coefficient (Wildman–Crippen LogP) is 2.28. The Kier molecular flexibility index (Phi) is 4.11. The van der Waals surface area contributed by atoms with Crippen molar-refractivity contribution in [2.45, 2.75) is 33.1 Å². The quantitative estimate of drug-likeness (QED) is 0.790. The van der Waals surface area contributed by atoms with E-state index >= 15 is 0 Å². The van der Waals surface area contributed by atoms with Crippen molar-refractivity contribution in [2.75, 3.05) is 5.32 Å². The van der Waals surface area contributed by atoms with Gasteiger partial charge in [-0.1, -0.05) is 18.3 Å². The van der Waals surface area contributed by atoms with E-state index in [1.165, 1.54) is 11.3 Å². The van der Waals surface area contributed by atoms with Crippen LogP contribution in [0.3, 0.4) is 0 Å². The van der Waals surface area contributed by atoms with E-state index in [2.05, 4.69) is 17.2 Å². The summed E-state index contributed by atoms with van der Waals surface area (Å²) in [6, 6.07) is 0. The van der Waals surface area contributed by atoms with Crippen molar-refractivity contribution in [1.82, 2.24) is 4.98 Å². The number of H-pyrrole nitrogens is 1. The van der Waals surface area contributed by atoms with Crippen molar-refractivity contribution in [3.8, 4) is 0 Å². The van der Waals surface area contributed by atoms with Gasteiger partial charge in [0, 0.05) is 10.6 Å². The van der Waals surface area contributed by atoms with E-state index in [4.69, 9.17) is 5.73 Å². The van der Waals surface area contributed by atoms with Gasteiger partial charge in [-0.05, 0) is 37.7 Å². The standard InChI is InChI=1S/C15H17N3O3S2/c1-6-3-4-8-9(5-6)22-14(10(8)12(16)19)18-13(20)11-7(2)17-15(21)23-11/h6H,3-5H2,1-2H3,(H2,16,19)(H,17,21)(H,18,20). The Morgan fingerprint density at radius 2 is 2.09 bits per heavy atom. The van der Waals surface area contributed by atoms with Crippen molar-refractivity contribution in [1.29, 1.82) is 0 Å². The van der Waals surface area contributed by atoms with Gasteiger partial charge in [-0.3, -0.25) is 14.4 Å². The van der Waals surface area contributed by atoms with Crippen molar-refractivity contribution in [3.63, 3.8) is 0 Å². The third-order valence-electron chi connectivity index (χ3n) is 4.02. The molecule has 0 aliphatic heterocycles. The van der Waals surface area contributed by atoms with E-state index in [9.17, 15) is 14.4 Å². The summed E-state index contributed by atoms with van der Waals surface area (Å²) in [5.74, 6) is -0.353. The highest BCUT2D eigenvalue weighted by atomic mass is 32.1. The highest BCUT2D eigenvalue weighted by molar-refractivity contribution is 7.17. The van der Waals surface area contributed by atoms with Gasteiger partial charge in [0.05, 0.1) is 5.56 Å². The van der Waals surface area contributed by atoms with Gasteiger partial charge in [0.15, 0.2) is 0 Å². The average Bonchev–Trinajstić information content (AvgIpc) is 2.97. The SMILES string of the molecule is Cc1[nH]c(=O)sc1C(=O)Nc1sc2c(c1C(N)=O)CCC(C)C2. The number of nitrogens with one attached hydrogen (secondary N) is 2. The molecule has 0 saturated heterocycles. The van der Waals surface area contributed by atoms with E-state index in [1.807, 2.05) is 0 Å². The molecule has 3 rings (SSSR count). The van der Waals surface area contributed by atoms with Gasteiger partial charge in [0.25, 0.3) is 11.8 Å². The number of aryl methyl sites for hydroxylation is 1. The van der Waals surface area contributed by atoms with Crippen LogP contribution in [0.15, 0.2) is 4.79 Å². The number of amides is 2. The van der Waals surface area contributed by atoms with E-state index in [1.54, 1.807) is 6.92 Å². The summed E-state index contributed by atoms with van der Waals surface area (Å²) in [7, 11) is 0. The first kappa shape index (κ1) is 15.9. The van der Waals surface area contributed by atoms with Gasteiger partial charge in [-0.2, -0.15) is 0 Å². The van der Waals surface area contributed by atoms with Crippen LogP contribution in [0.5, 0.6) is 0 Å². The molecule has 0 saturated carbocycles. The van der Waals surface area contributed by atoms with Crippen LogP contribution in [0.2, 0.25) is 0 Å². The molecule has 8 heteroatoms. The van der Waals surface area contributed by atoms with Gasteiger partial charge in [0.2, 0.25) is 0 Å². The lowest BCUT2D eigenvalue weighted by Gasteiger charge is -2.18. The normalized spacial score (nSPS) is 16.9. The Balaban J connectivity index is 1.97. The maximum Gasteiger partial charge on any atom is 0.305 e. The molecule has 2 amide bonds. The van der Waals surface area contributed by atoms with Crippen LogP contribution < -0.4 is 15.9 Å². The van der Waals surface area contributed by atoms with Gasteiger partial charge < -0.3 is 16.0 Å². The summed E-state index contributed by atoms with van der Waals surface area (Å²) in [6.45, 7) is 3.84. The summed E-state index contributed by atoms with van der Waals surface area (Å²) >= 11 is 2.27. The van der Waals surface area contributed by atoms with Crippen molar-refractivity contribution >= 4 is 39.5 Å². The molecule has 0 fully saturated rings. The molecule has 1 aliphatic carbocycles. The number of rotatable bonds is 3. The van der Waals surface area contributed by atoms with Crippen molar-refractivity contribution in [2.24, 2.45) is 11.7 Å². The fourth-order valence-corrected chi connectivity index (χ4v) is 5.03. The zero-order valence-electron chi connectivity index (χ0n) is 12.8. The number of primary amides is 1. The molecular weight excluding hydrogens is 334 g/mol. The van der Waals surface area contributed by atoms with E-state index < -0.39 is 5.91 Å². The summed E-state index contributed by atoms with van der Waals surface area (Å²) in [4.78, 5) is 39.3. The molecule has 4 N–H and O–H groups in total. The zero-order chi connectivity index (χ0) is 16.7. The van der Waals surface area contributed by atoms with Crippen molar-refractivity contribution in [3.05, 3.63) is 36.2 Å². The lowest BCUT2D eigenvalue weighted by molar-refractivity contribution is 0.1000. The highest BCUT2D eigenvalue weighted by Crippen LogP contribution is 2.39. The van der Waals surface area contributed by atoms with E-state index in [-0.39, 0.29) is 10.8 Å². The molecule has 2 aromatic rings. The number of hydrogen-bond acceptors (Lipinski definition) is 5.